The summed E-state index contributed by atoms with van der Waals surface area (Å²) in [6.07, 6.45) is 1.76. The van der Waals surface area contributed by atoms with E-state index in [1.54, 1.807) is 30.3 Å². The van der Waals surface area contributed by atoms with Gasteiger partial charge in [0, 0.05) is 25.7 Å². The molecule has 0 amide bonds. The molecule has 142 valence electrons. The van der Waals surface area contributed by atoms with E-state index in [1.807, 2.05) is 29.7 Å². The summed E-state index contributed by atoms with van der Waals surface area (Å²) in [5, 5.41) is 1.02. The quantitative estimate of drug-likeness (QED) is 0.597. The predicted molar refractivity (Wildman–Crippen MR) is 111 cm³/mol. The molecular formula is C19H19Cl2N3O2S. The van der Waals surface area contributed by atoms with Crippen molar-refractivity contribution in [3.8, 4) is 0 Å². The number of hydrogen-bond acceptors (Lipinski definition) is 3. The van der Waals surface area contributed by atoms with Crippen LogP contribution in [0.25, 0.3) is 22.1 Å². The van der Waals surface area contributed by atoms with Crippen LogP contribution in [0.5, 0.6) is 0 Å². The normalized spacial score (nSPS) is 12.9. The lowest BCUT2D eigenvalue weighted by molar-refractivity contribution is 0.521. The third kappa shape index (κ3) is 3.75. The molecule has 0 aliphatic rings. The third-order valence-corrected chi connectivity index (χ3v) is 6.65. The van der Waals surface area contributed by atoms with Crippen molar-refractivity contribution in [2.75, 3.05) is 14.1 Å². The van der Waals surface area contributed by atoms with Gasteiger partial charge in [0.2, 0.25) is 10.0 Å². The van der Waals surface area contributed by atoms with Crippen molar-refractivity contribution in [2.24, 2.45) is 0 Å². The Bertz CT molecular complexity index is 1140. The van der Waals surface area contributed by atoms with Gasteiger partial charge >= 0.3 is 0 Å². The Balaban J connectivity index is 2.15. The van der Waals surface area contributed by atoms with Crippen LogP contribution in [-0.4, -0.2) is 36.4 Å². The number of aryl methyl sites for hydroxylation is 1. The first kappa shape index (κ1) is 19.9. The molecule has 3 rings (SSSR count). The van der Waals surface area contributed by atoms with Crippen LogP contribution in [-0.2, 0) is 16.6 Å². The molecular weight excluding hydrogens is 405 g/mol. The van der Waals surface area contributed by atoms with E-state index < -0.39 is 10.0 Å². The van der Waals surface area contributed by atoms with Crippen molar-refractivity contribution in [3.05, 3.63) is 58.9 Å². The summed E-state index contributed by atoms with van der Waals surface area (Å²) in [6.45, 7) is 2.62. The molecule has 2 aromatic carbocycles. The number of nitrogens with zero attached hydrogens (tertiary/aromatic N) is 3. The van der Waals surface area contributed by atoms with Crippen molar-refractivity contribution in [1.29, 1.82) is 0 Å². The van der Waals surface area contributed by atoms with Gasteiger partial charge in [0.05, 0.1) is 21.0 Å². The number of rotatable bonds is 5. The average Bonchev–Trinajstić information content (AvgIpc) is 3.01. The zero-order valence-corrected chi connectivity index (χ0v) is 17.5. The average molecular weight is 424 g/mol. The SMILES string of the molecule is CCn1c(/C(Cl)=C/c2ccccc2Cl)nc2cc(S(=O)(=O)N(C)C)ccc21. The molecule has 5 nitrogen and oxygen atoms in total. The summed E-state index contributed by atoms with van der Waals surface area (Å²) in [6, 6.07) is 12.3. The van der Waals surface area contributed by atoms with Gasteiger partial charge in [-0.05, 0) is 42.8 Å². The van der Waals surface area contributed by atoms with Crippen molar-refractivity contribution in [3.63, 3.8) is 0 Å². The van der Waals surface area contributed by atoms with E-state index in [0.717, 1.165) is 11.1 Å². The molecule has 3 aromatic rings. The van der Waals surface area contributed by atoms with Crippen LogP contribution < -0.4 is 0 Å². The van der Waals surface area contributed by atoms with Gasteiger partial charge in [0.25, 0.3) is 0 Å². The first-order chi connectivity index (χ1) is 12.8. The highest BCUT2D eigenvalue weighted by Crippen LogP contribution is 2.29. The van der Waals surface area contributed by atoms with Crippen molar-refractivity contribution < 1.29 is 8.42 Å². The lowest BCUT2D eigenvalue weighted by Crippen LogP contribution is -2.22. The first-order valence-electron chi connectivity index (χ1n) is 8.30. The minimum Gasteiger partial charge on any atom is -0.324 e. The van der Waals surface area contributed by atoms with Crippen LogP contribution in [0.2, 0.25) is 5.02 Å². The Labute approximate surface area is 168 Å². The molecule has 0 spiro atoms. The molecule has 1 aromatic heterocycles. The largest absolute Gasteiger partial charge is 0.324 e. The van der Waals surface area contributed by atoms with E-state index in [9.17, 15) is 8.42 Å². The highest BCUT2D eigenvalue weighted by Gasteiger charge is 2.20. The number of aromatic nitrogens is 2. The molecule has 0 N–H and O–H groups in total. The van der Waals surface area contributed by atoms with E-state index >= 15 is 0 Å². The molecule has 0 radical (unpaired) electrons. The van der Waals surface area contributed by atoms with E-state index in [2.05, 4.69) is 4.98 Å². The molecule has 0 aliphatic heterocycles. The van der Waals surface area contributed by atoms with E-state index in [1.165, 1.54) is 18.4 Å². The second-order valence-electron chi connectivity index (χ2n) is 6.13. The van der Waals surface area contributed by atoms with Crippen LogP contribution in [0.1, 0.15) is 18.3 Å². The van der Waals surface area contributed by atoms with Crippen LogP contribution in [0.15, 0.2) is 47.4 Å². The van der Waals surface area contributed by atoms with Crippen molar-refractivity contribution in [1.82, 2.24) is 13.9 Å². The molecule has 0 unspecified atom stereocenters. The molecule has 0 saturated carbocycles. The van der Waals surface area contributed by atoms with Crippen LogP contribution >= 0.6 is 23.2 Å². The number of halogens is 2. The van der Waals surface area contributed by atoms with Crippen LogP contribution in [0.3, 0.4) is 0 Å². The zero-order chi connectivity index (χ0) is 19.8. The Morgan fingerprint density at radius 2 is 1.93 bits per heavy atom. The maximum absolute atomic E-state index is 12.4. The maximum atomic E-state index is 12.4. The van der Waals surface area contributed by atoms with Gasteiger partial charge < -0.3 is 4.57 Å². The number of benzene rings is 2. The predicted octanol–water partition coefficient (Wildman–Crippen LogP) is 4.70. The van der Waals surface area contributed by atoms with E-state index in [-0.39, 0.29) is 4.90 Å². The summed E-state index contributed by atoms with van der Waals surface area (Å²) in [4.78, 5) is 4.77. The minimum atomic E-state index is -3.53. The summed E-state index contributed by atoms with van der Waals surface area (Å²) in [7, 11) is -0.536. The van der Waals surface area contributed by atoms with Gasteiger partial charge in [-0.25, -0.2) is 17.7 Å². The molecule has 0 aliphatic carbocycles. The second kappa shape index (κ2) is 7.64. The number of sulfonamides is 1. The van der Waals surface area contributed by atoms with E-state index in [4.69, 9.17) is 23.2 Å². The smallest absolute Gasteiger partial charge is 0.242 e. The first-order valence-corrected chi connectivity index (χ1v) is 10.5. The second-order valence-corrected chi connectivity index (χ2v) is 9.10. The third-order valence-electron chi connectivity index (χ3n) is 4.22. The molecule has 0 atom stereocenters. The van der Waals surface area contributed by atoms with Gasteiger partial charge in [-0.15, -0.1) is 0 Å². The minimum absolute atomic E-state index is 0.193. The topological polar surface area (TPSA) is 55.2 Å². The molecule has 0 fully saturated rings. The summed E-state index contributed by atoms with van der Waals surface area (Å²) >= 11 is 12.7. The molecule has 27 heavy (non-hydrogen) atoms. The van der Waals surface area contributed by atoms with Gasteiger partial charge in [-0.2, -0.15) is 0 Å². The lowest BCUT2D eigenvalue weighted by Gasteiger charge is -2.11. The highest BCUT2D eigenvalue weighted by molar-refractivity contribution is 7.89. The fourth-order valence-corrected chi connectivity index (χ4v) is 4.15. The number of fused-ring (bicyclic) bond motifs is 1. The standard InChI is InChI=1S/C19H19Cl2N3O2S/c1-4-24-18-10-9-14(27(25,26)23(2)3)12-17(18)22-19(24)16(21)11-13-7-5-6-8-15(13)20/h5-12H,4H2,1-3H3/b16-11-. The highest BCUT2D eigenvalue weighted by atomic mass is 35.5. The molecule has 0 saturated heterocycles. The Morgan fingerprint density at radius 3 is 2.56 bits per heavy atom. The number of hydrogen-bond donors (Lipinski definition) is 0. The van der Waals surface area contributed by atoms with Gasteiger partial charge in [0.15, 0.2) is 5.82 Å². The van der Waals surface area contributed by atoms with Gasteiger partial charge in [-0.3, -0.25) is 0 Å². The van der Waals surface area contributed by atoms with Crippen molar-refractivity contribution in [2.45, 2.75) is 18.4 Å². The summed E-state index contributed by atoms with van der Waals surface area (Å²) < 4.78 is 27.9. The molecule has 1 heterocycles. The van der Waals surface area contributed by atoms with Crippen LogP contribution in [0.4, 0.5) is 0 Å². The van der Waals surface area contributed by atoms with Gasteiger partial charge in [0.1, 0.15) is 0 Å². The Hall–Kier alpha value is -1.86. The monoisotopic (exact) mass is 423 g/mol. The summed E-state index contributed by atoms with van der Waals surface area (Å²) in [5.74, 6) is 0.563. The van der Waals surface area contributed by atoms with Crippen LogP contribution in [0, 0.1) is 0 Å². The van der Waals surface area contributed by atoms with Crippen molar-refractivity contribution >= 4 is 55.4 Å². The Kier molecular flexibility index (Phi) is 5.63. The lowest BCUT2D eigenvalue weighted by atomic mass is 10.2. The summed E-state index contributed by atoms with van der Waals surface area (Å²) in [5.41, 5.74) is 2.17. The Morgan fingerprint density at radius 1 is 1.22 bits per heavy atom. The fraction of sp³-hybridized carbons (Fsp3) is 0.211. The number of imidazole rings is 1. The molecule has 0 bridgehead atoms. The maximum Gasteiger partial charge on any atom is 0.242 e. The fourth-order valence-electron chi connectivity index (χ4n) is 2.78. The molecule has 8 heteroatoms. The zero-order valence-electron chi connectivity index (χ0n) is 15.1. The van der Waals surface area contributed by atoms with Gasteiger partial charge in [-0.1, -0.05) is 41.4 Å². The van der Waals surface area contributed by atoms with E-state index in [0.29, 0.717) is 27.9 Å².